The van der Waals surface area contributed by atoms with E-state index in [4.69, 9.17) is 5.73 Å². The van der Waals surface area contributed by atoms with Crippen molar-refractivity contribution in [2.24, 2.45) is 5.41 Å². The molecule has 5 nitrogen and oxygen atoms in total. The number of anilines is 2. The van der Waals surface area contributed by atoms with Crippen LogP contribution in [-0.2, 0) is 6.54 Å². The van der Waals surface area contributed by atoms with E-state index in [0.29, 0.717) is 5.95 Å². The van der Waals surface area contributed by atoms with E-state index in [2.05, 4.69) is 59.2 Å². The Morgan fingerprint density at radius 1 is 1.26 bits per heavy atom. The Balaban J connectivity index is 1.96. The van der Waals surface area contributed by atoms with E-state index in [0.717, 1.165) is 31.2 Å². The lowest BCUT2D eigenvalue weighted by molar-refractivity contribution is 0.533. The molecular weight excluding hydrogens is 238 g/mol. The standard InChI is InChI=1S/C14H19N5/c1-14(2)7-3-5-11(6-8-14)18-9-4-10-19-13(18)16-12(15)17-19/h3,5-8H,4,9-10H2,1-2H3,(H2,15,17). The van der Waals surface area contributed by atoms with E-state index >= 15 is 0 Å². The van der Waals surface area contributed by atoms with Gasteiger partial charge in [0, 0.05) is 24.2 Å². The van der Waals surface area contributed by atoms with Crippen LogP contribution in [0.2, 0.25) is 0 Å². The Bertz CT molecular complexity index is 577. The zero-order valence-electron chi connectivity index (χ0n) is 11.4. The van der Waals surface area contributed by atoms with Gasteiger partial charge in [-0.25, -0.2) is 4.68 Å². The van der Waals surface area contributed by atoms with Crippen LogP contribution in [0.5, 0.6) is 0 Å². The van der Waals surface area contributed by atoms with Crippen molar-refractivity contribution in [2.45, 2.75) is 26.8 Å². The first-order valence-corrected chi connectivity index (χ1v) is 6.62. The van der Waals surface area contributed by atoms with Gasteiger partial charge in [-0.3, -0.25) is 0 Å². The first-order chi connectivity index (χ1) is 9.05. The highest BCUT2D eigenvalue weighted by Crippen LogP contribution is 2.28. The monoisotopic (exact) mass is 257 g/mol. The molecule has 3 rings (SSSR count). The first-order valence-electron chi connectivity index (χ1n) is 6.62. The van der Waals surface area contributed by atoms with Gasteiger partial charge in [0.25, 0.3) is 0 Å². The van der Waals surface area contributed by atoms with Crippen LogP contribution in [0.4, 0.5) is 11.9 Å². The van der Waals surface area contributed by atoms with E-state index in [-0.39, 0.29) is 5.41 Å². The maximum absolute atomic E-state index is 5.70. The SMILES string of the molecule is CC1(C)C=CC=C(N2CCCn3nc(N)nc32)C=C1. The van der Waals surface area contributed by atoms with Crippen molar-refractivity contribution in [1.82, 2.24) is 14.8 Å². The normalized spacial score (nSPS) is 20.9. The summed E-state index contributed by atoms with van der Waals surface area (Å²) in [5.41, 5.74) is 6.92. The smallest absolute Gasteiger partial charge is 0.241 e. The Labute approximate surface area is 113 Å². The van der Waals surface area contributed by atoms with E-state index in [9.17, 15) is 0 Å². The van der Waals surface area contributed by atoms with Crippen molar-refractivity contribution in [3.05, 3.63) is 36.1 Å². The van der Waals surface area contributed by atoms with Gasteiger partial charge in [0.1, 0.15) is 0 Å². The summed E-state index contributed by atoms with van der Waals surface area (Å²) in [4.78, 5) is 6.51. The Hall–Kier alpha value is -2.04. The van der Waals surface area contributed by atoms with Gasteiger partial charge in [0.05, 0.1) is 0 Å². The third kappa shape index (κ3) is 2.28. The number of aromatic nitrogens is 3. The minimum Gasteiger partial charge on any atom is -0.366 e. The molecule has 0 fully saturated rings. The molecule has 0 unspecified atom stereocenters. The van der Waals surface area contributed by atoms with Gasteiger partial charge >= 0.3 is 0 Å². The summed E-state index contributed by atoms with van der Waals surface area (Å²) >= 11 is 0. The molecule has 1 aromatic rings. The van der Waals surface area contributed by atoms with Crippen LogP contribution in [0.25, 0.3) is 0 Å². The van der Waals surface area contributed by atoms with Crippen molar-refractivity contribution >= 4 is 11.9 Å². The molecule has 19 heavy (non-hydrogen) atoms. The molecule has 0 spiro atoms. The highest BCUT2D eigenvalue weighted by Gasteiger charge is 2.23. The van der Waals surface area contributed by atoms with E-state index in [1.807, 2.05) is 4.68 Å². The molecule has 0 bridgehead atoms. The second-order valence-corrected chi connectivity index (χ2v) is 5.60. The lowest BCUT2D eigenvalue weighted by atomic mass is 9.93. The number of nitrogens with zero attached hydrogens (tertiary/aromatic N) is 4. The lowest BCUT2D eigenvalue weighted by Gasteiger charge is -2.28. The Morgan fingerprint density at radius 3 is 2.95 bits per heavy atom. The molecular formula is C14H19N5. The van der Waals surface area contributed by atoms with Gasteiger partial charge in [-0.05, 0) is 18.6 Å². The van der Waals surface area contributed by atoms with E-state index in [1.54, 1.807) is 0 Å². The molecule has 0 saturated heterocycles. The van der Waals surface area contributed by atoms with Crippen molar-refractivity contribution in [3.63, 3.8) is 0 Å². The quantitative estimate of drug-likeness (QED) is 0.837. The maximum atomic E-state index is 5.70. The van der Waals surface area contributed by atoms with E-state index < -0.39 is 0 Å². The van der Waals surface area contributed by atoms with Crippen molar-refractivity contribution in [3.8, 4) is 0 Å². The number of rotatable bonds is 1. The van der Waals surface area contributed by atoms with Gasteiger partial charge in [-0.1, -0.05) is 32.1 Å². The number of nitrogen functional groups attached to an aromatic ring is 1. The van der Waals surface area contributed by atoms with Crippen molar-refractivity contribution in [2.75, 3.05) is 17.2 Å². The van der Waals surface area contributed by atoms with Crippen LogP contribution >= 0.6 is 0 Å². The lowest BCUT2D eigenvalue weighted by Crippen LogP contribution is -2.31. The third-order valence-corrected chi connectivity index (χ3v) is 3.45. The molecule has 0 amide bonds. The summed E-state index contributed by atoms with van der Waals surface area (Å²) in [6.07, 6.45) is 11.8. The van der Waals surface area contributed by atoms with Crippen LogP contribution in [0.15, 0.2) is 36.1 Å². The molecule has 0 saturated carbocycles. The van der Waals surface area contributed by atoms with Crippen LogP contribution in [-0.4, -0.2) is 21.3 Å². The zero-order chi connectivity index (χ0) is 13.5. The summed E-state index contributed by atoms with van der Waals surface area (Å²) < 4.78 is 1.88. The molecule has 1 aromatic heterocycles. The summed E-state index contributed by atoms with van der Waals surface area (Å²) in [5, 5.41) is 4.22. The van der Waals surface area contributed by atoms with Gasteiger partial charge < -0.3 is 10.6 Å². The van der Waals surface area contributed by atoms with Gasteiger partial charge in [-0.15, -0.1) is 5.10 Å². The Morgan fingerprint density at radius 2 is 2.11 bits per heavy atom. The molecule has 5 heteroatoms. The zero-order valence-corrected chi connectivity index (χ0v) is 11.4. The fourth-order valence-corrected chi connectivity index (χ4v) is 2.41. The van der Waals surface area contributed by atoms with Gasteiger partial charge in [0.2, 0.25) is 11.9 Å². The summed E-state index contributed by atoms with van der Waals surface area (Å²) in [7, 11) is 0. The summed E-state index contributed by atoms with van der Waals surface area (Å²) in [6.45, 7) is 6.21. The van der Waals surface area contributed by atoms with E-state index in [1.165, 1.54) is 0 Å². The Kier molecular flexibility index (Phi) is 2.69. The maximum Gasteiger partial charge on any atom is 0.241 e. The van der Waals surface area contributed by atoms with Crippen molar-refractivity contribution < 1.29 is 0 Å². The second-order valence-electron chi connectivity index (χ2n) is 5.60. The predicted octanol–water partition coefficient (Wildman–Crippen LogP) is 2.11. The minimum atomic E-state index is 0.0841. The second kappa shape index (κ2) is 4.26. The number of fused-ring (bicyclic) bond motifs is 1. The van der Waals surface area contributed by atoms with Gasteiger partial charge in [0.15, 0.2) is 0 Å². The number of nitrogens with two attached hydrogens (primary N) is 1. The summed E-state index contributed by atoms with van der Waals surface area (Å²) in [6, 6.07) is 0. The molecule has 2 N–H and O–H groups in total. The van der Waals surface area contributed by atoms with Crippen LogP contribution in [0.1, 0.15) is 20.3 Å². The van der Waals surface area contributed by atoms with Crippen LogP contribution < -0.4 is 10.6 Å². The molecule has 2 aliphatic rings. The fraction of sp³-hybridized carbons (Fsp3) is 0.429. The van der Waals surface area contributed by atoms with Gasteiger partial charge in [-0.2, -0.15) is 4.98 Å². The predicted molar refractivity (Wildman–Crippen MR) is 76.5 cm³/mol. The average Bonchev–Trinajstić information content (AvgIpc) is 2.63. The number of aryl methyl sites for hydroxylation is 1. The number of hydrogen-bond donors (Lipinski definition) is 1. The highest BCUT2D eigenvalue weighted by molar-refractivity contribution is 5.50. The first kappa shape index (κ1) is 12.0. The molecule has 1 aliphatic carbocycles. The highest BCUT2D eigenvalue weighted by atomic mass is 15.5. The molecule has 1 aliphatic heterocycles. The number of allylic oxidation sites excluding steroid dienone is 5. The molecule has 0 aromatic carbocycles. The molecule has 100 valence electrons. The topological polar surface area (TPSA) is 60.0 Å². The molecule has 0 atom stereocenters. The average molecular weight is 257 g/mol. The molecule has 2 heterocycles. The summed E-state index contributed by atoms with van der Waals surface area (Å²) in [5.74, 6) is 1.18. The minimum absolute atomic E-state index is 0.0841. The molecule has 0 radical (unpaired) electrons. The van der Waals surface area contributed by atoms with Crippen molar-refractivity contribution in [1.29, 1.82) is 0 Å². The fourth-order valence-electron chi connectivity index (χ4n) is 2.41. The van der Waals surface area contributed by atoms with Crippen LogP contribution in [0.3, 0.4) is 0 Å². The third-order valence-electron chi connectivity index (χ3n) is 3.45. The largest absolute Gasteiger partial charge is 0.366 e. The van der Waals surface area contributed by atoms with Crippen LogP contribution in [0, 0.1) is 5.41 Å². The number of hydrogen-bond acceptors (Lipinski definition) is 4.